The van der Waals surface area contributed by atoms with Crippen molar-refractivity contribution < 1.29 is 28.5 Å². The van der Waals surface area contributed by atoms with Crippen LogP contribution in [0.1, 0.15) is 30.5 Å². The third-order valence-electron chi connectivity index (χ3n) is 5.55. The first-order valence-corrected chi connectivity index (χ1v) is 12.2. The Morgan fingerprint density at radius 1 is 1.09 bits per heavy atom. The second kappa shape index (κ2) is 10.9. The van der Waals surface area contributed by atoms with Gasteiger partial charge in [-0.3, -0.25) is 0 Å². The molecule has 2 aliphatic heterocycles. The standard InChI is InChI=1S/C26H29BrO6/c1-26(2)32-24-23(31-22(28)13-12-19-10-6-7-11-20(19)14-15-27)21(30-25(24)33-26)17-29-16-18-8-4-3-5-9-18/h3-13,21,23-25H,14-17H2,1-2H3/b13-12+/t21-,23+,24-,25-/m1/s1. The second-order valence-corrected chi connectivity index (χ2v) is 9.31. The fourth-order valence-electron chi connectivity index (χ4n) is 4.05. The van der Waals surface area contributed by atoms with Crippen LogP contribution >= 0.6 is 15.9 Å². The zero-order chi connectivity index (χ0) is 23.3. The molecule has 2 aromatic rings. The Hall–Kier alpha value is -2.03. The Morgan fingerprint density at radius 2 is 1.85 bits per heavy atom. The van der Waals surface area contributed by atoms with Crippen LogP contribution in [0, 0.1) is 0 Å². The van der Waals surface area contributed by atoms with Gasteiger partial charge in [-0.15, -0.1) is 0 Å². The van der Waals surface area contributed by atoms with Crippen LogP contribution in [0.5, 0.6) is 0 Å². The number of ether oxygens (including phenoxy) is 5. The molecule has 176 valence electrons. The summed E-state index contributed by atoms with van der Waals surface area (Å²) < 4.78 is 29.5. The predicted molar refractivity (Wildman–Crippen MR) is 128 cm³/mol. The summed E-state index contributed by atoms with van der Waals surface area (Å²) in [5.41, 5.74) is 3.20. The highest BCUT2D eigenvalue weighted by atomic mass is 79.9. The van der Waals surface area contributed by atoms with Gasteiger partial charge in [0.05, 0.1) is 13.2 Å². The minimum atomic E-state index is -0.805. The van der Waals surface area contributed by atoms with Crippen molar-refractivity contribution in [2.24, 2.45) is 0 Å². The fourth-order valence-corrected chi connectivity index (χ4v) is 4.48. The van der Waals surface area contributed by atoms with E-state index in [-0.39, 0.29) is 6.61 Å². The molecule has 2 aromatic carbocycles. The second-order valence-electron chi connectivity index (χ2n) is 8.52. The topological polar surface area (TPSA) is 63.2 Å². The van der Waals surface area contributed by atoms with Gasteiger partial charge >= 0.3 is 5.97 Å². The first kappa shape index (κ1) is 24.1. The molecule has 0 radical (unpaired) electrons. The number of hydrogen-bond acceptors (Lipinski definition) is 6. The maximum absolute atomic E-state index is 12.7. The van der Waals surface area contributed by atoms with Crippen LogP contribution in [-0.4, -0.2) is 48.3 Å². The average molecular weight is 517 g/mol. The normalized spacial score (nSPS) is 25.9. The zero-order valence-corrected chi connectivity index (χ0v) is 20.4. The van der Waals surface area contributed by atoms with Crippen LogP contribution in [0.4, 0.5) is 0 Å². The van der Waals surface area contributed by atoms with Gasteiger partial charge in [0.15, 0.2) is 24.3 Å². The minimum absolute atomic E-state index is 0.255. The van der Waals surface area contributed by atoms with Gasteiger partial charge in [0, 0.05) is 11.4 Å². The summed E-state index contributed by atoms with van der Waals surface area (Å²) in [7, 11) is 0. The van der Waals surface area contributed by atoms with Gasteiger partial charge in [0.25, 0.3) is 0 Å². The van der Waals surface area contributed by atoms with Crippen molar-refractivity contribution in [3.63, 3.8) is 0 Å². The number of benzene rings is 2. The molecule has 0 unspecified atom stereocenters. The highest BCUT2D eigenvalue weighted by Crippen LogP contribution is 2.39. The van der Waals surface area contributed by atoms with Crippen LogP contribution in [0.25, 0.3) is 6.08 Å². The van der Waals surface area contributed by atoms with Crippen LogP contribution in [0.2, 0.25) is 0 Å². The number of carbonyl (C=O) groups excluding carboxylic acids is 1. The lowest BCUT2D eigenvalue weighted by molar-refractivity contribution is -0.223. The molecule has 0 aliphatic carbocycles. The lowest BCUT2D eigenvalue weighted by Gasteiger charge is -2.25. The van der Waals surface area contributed by atoms with Gasteiger partial charge in [-0.2, -0.15) is 0 Å². The van der Waals surface area contributed by atoms with E-state index in [0.717, 1.165) is 28.4 Å². The maximum Gasteiger partial charge on any atom is 0.331 e. The first-order chi connectivity index (χ1) is 15.9. The largest absolute Gasteiger partial charge is 0.453 e. The number of aryl methyl sites for hydroxylation is 1. The predicted octanol–water partition coefficient (Wildman–Crippen LogP) is 4.64. The van der Waals surface area contributed by atoms with Gasteiger partial charge in [-0.1, -0.05) is 70.5 Å². The maximum atomic E-state index is 12.7. The molecule has 2 aliphatic rings. The minimum Gasteiger partial charge on any atom is -0.453 e. The smallest absolute Gasteiger partial charge is 0.331 e. The molecule has 4 atom stereocenters. The van der Waals surface area contributed by atoms with Crippen molar-refractivity contribution >= 4 is 28.0 Å². The van der Waals surface area contributed by atoms with E-state index in [2.05, 4.69) is 15.9 Å². The molecule has 33 heavy (non-hydrogen) atoms. The van der Waals surface area contributed by atoms with Crippen LogP contribution in [-0.2, 0) is 41.5 Å². The Kier molecular flexibility index (Phi) is 7.98. The van der Waals surface area contributed by atoms with Gasteiger partial charge < -0.3 is 23.7 Å². The highest BCUT2D eigenvalue weighted by Gasteiger charge is 2.56. The monoisotopic (exact) mass is 516 g/mol. The van der Waals surface area contributed by atoms with E-state index in [0.29, 0.717) is 6.61 Å². The molecule has 0 spiro atoms. The molecule has 0 bridgehead atoms. The Morgan fingerprint density at radius 3 is 2.64 bits per heavy atom. The van der Waals surface area contributed by atoms with E-state index in [4.69, 9.17) is 23.7 Å². The Labute approximate surface area is 202 Å². The number of fused-ring (bicyclic) bond motifs is 1. The molecule has 7 heteroatoms. The van der Waals surface area contributed by atoms with E-state index < -0.39 is 36.4 Å². The Balaban J connectivity index is 1.41. The van der Waals surface area contributed by atoms with Gasteiger partial charge in [-0.05, 0) is 43.0 Å². The Bertz CT molecular complexity index is 960. The lowest BCUT2D eigenvalue weighted by Crippen LogP contribution is -2.40. The van der Waals surface area contributed by atoms with Crippen LogP contribution in [0.3, 0.4) is 0 Å². The van der Waals surface area contributed by atoms with Crippen molar-refractivity contribution in [2.75, 3.05) is 11.9 Å². The molecular weight excluding hydrogens is 488 g/mol. The number of hydrogen-bond donors (Lipinski definition) is 0. The third-order valence-corrected chi connectivity index (χ3v) is 5.95. The van der Waals surface area contributed by atoms with E-state index in [1.165, 1.54) is 6.08 Å². The zero-order valence-electron chi connectivity index (χ0n) is 18.8. The van der Waals surface area contributed by atoms with Gasteiger partial charge in [0.1, 0.15) is 6.10 Å². The van der Waals surface area contributed by atoms with Crippen molar-refractivity contribution in [1.29, 1.82) is 0 Å². The molecule has 6 nitrogen and oxygen atoms in total. The van der Waals surface area contributed by atoms with Gasteiger partial charge in [0.2, 0.25) is 0 Å². The van der Waals surface area contributed by atoms with Gasteiger partial charge in [-0.25, -0.2) is 4.79 Å². The molecule has 0 amide bonds. The molecule has 2 fully saturated rings. The van der Waals surface area contributed by atoms with E-state index >= 15 is 0 Å². The highest BCUT2D eigenvalue weighted by molar-refractivity contribution is 9.09. The SMILES string of the molecule is CC1(C)O[C@H]2O[C@H](COCc3ccccc3)[C@H](OC(=O)/C=C/c3ccccc3CCBr)[C@H]2O1. The summed E-state index contributed by atoms with van der Waals surface area (Å²) in [6, 6.07) is 17.8. The van der Waals surface area contributed by atoms with Crippen LogP contribution < -0.4 is 0 Å². The van der Waals surface area contributed by atoms with Crippen molar-refractivity contribution in [3.05, 3.63) is 77.4 Å². The first-order valence-electron chi connectivity index (χ1n) is 11.1. The van der Waals surface area contributed by atoms with Crippen molar-refractivity contribution in [1.82, 2.24) is 0 Å². The quantitative estimate of drug-likeness (QED) is 0.274. The summed E-state index contributed by atoms with van der Waals surface area (Å²) >= 11 is 3.47. The molecule has 2 heterocycles. The molecule has 0 N–H and O–H groups in total. The summed E-state index contributed by atoms with van der Waals surface area (Å²) in [4.78, 5) is 12.7. The molecule has 4 rings (SSSR count). The summed E-state index contributed by atoms with van der Waals surface area (Å²) in [5.74, 6) is -1.26. The van der Waals surface area contributed by atoms with Crippen molar-refractivity contribution in [2.45, 2.75) is 57.3 Å². The van der Waals surface area contributed by atoms with E-state index in [9.17, 15) is 4.79 Å². The molecule has 0 saturated carbocycles. The average Bonchev–Trinajstić information content (AvgIpc) is 3.26. The number of carbonyl (C=O) groups is 1. The van der Waals surface area contributed by atoms with Crippen LogP contribution in [0.15, 0.2) is 60.7 Å². The number of halogens is 1. The lowest BCUT2D eigenvalue weighted by atomic mass is 10.1. The molecule has 0 aromatic heterocycles. The van der Waals surface area contributed by atoms with E-state index in [1.54, 1.807) is 6.08 Å². The van der Waals surface area contributed by atoms with Crippen molar-refractivity contribution in [3.8, 4) is 0 Å². The summed E-state index contributed by atoms with van der Waals surface area (Å²) in [6.45, 7) is 4.32. The molecule has 2 saturated heterocycles. The number of rotatable bonds is 9. The summed E-state index contributed by atoms with van der Waals surface area (Å²) in [6.07, 6.45) is 1.86. The van der Waals surface area contributed by atoms with E-state index in [1.807, 2.05) is 68.4 Å². The number of alkyl halides is 1. The third kappa shape index (κ3) is 6.31. The number of esters is 1. The summed E-state index contributed by atoms with van der Waals surface area (Å²) in [5, 5.41) is 0.850. The fraction of sp³-hybridized carbons (Fsp3) is 0.423. The molecular formula is C26H29BrO6.